The lowest BCUT2D eigenvalue weighted by molar-refractivity contribution is -0.143. The topological polar surface area (TPSA) is 76.5 Å². The predicted molar refractivity (Wildman–Crippen MR) is 148 cm³/mol. The number of urea groups is 1. The molecule has 1 N–H and O–H groups in total. The molecule has 0 aliphatic rings. The maximum atomic E-state index is 13.7. The summed E-state index contributed by atoms with van der Waals surface area (Å²) in [6, 6.07) is 12.0. The number of rotatable bonds is 7. The summed E-state index contributed by atoms with van der Waals surface area (Å²) < 4.78 is 87.5. The Labute approximate surface area is 243 Å². The predicted octanol–water partition coefficient (Wildman–Crippen LogP) is 7.43. The molecule has 0 aliphatic carbocycles. The molecule has 2 amide bonds. The minimum Gasteiger partial charge on any atom is -0.383 e. The Hall–Kier alpha value is -3.91. The highest BCUT2D eigenvalue weighted by atomic mass is 79.9. The number of fused-ring (bicyclic) bond motifs is 1. The number of methoxy groups -OCH3 is 1. The van der Waals surface area contributed by atoms with Gasteiger partial charge in [0.05, 0.1) is 40.4 Å². The van der Waals surface area contributed by atoms with Crippen LogP contribution in [0.25, 0.3) is 16.6 Å². The van der Waals surface area contributed by atoms with Crippen molar-refractivity contribution in [1.29, 1.82) is 0 Å². The number of carbonyl (C=O) groups excluding carboxylic acids is 1. The molecule has 222 valence electrons. The van der Waals surface area contributed by atoms with E-state index in [1.807, 2.05) is 0 Å². The molecule has 1 aromatic heterocycles. The highest BCUT2D eigenvalue weighted by molar-refractivity contribution is 9.10. The third-order valence-electron chi connectivity index (χ3n) is 6.36. The van der Waals surface area contributed by atoms with Crippen molar-refractivity contribution in [3.05, 3.63) is 98.5 Å². The molecule has 0 saturated heterocycles. The molecule has 4 rings (SSSR count). The molecule has 0 radical (unpaired) electrons. The van der Waals surface area contributed by atoms with Crippen molar-refractivity contribution < 1.29 is 35.9 Å². The van der Waals surface area contributed by atoms with Crippen molar-refractivity contribution in [2.45, 2.75) is 25.3 Å². The number of hydrogen-bond acceptors (Lipinski definition) is 4. The molecule has 1 atom stereocenters. The zero-order chi connectivity index (χ0) is 30.8. The number of carbonyl (C=O) groups is 1. The van der Waals surface area contributed by atoms with E-state index in [1.165, 1.54) is 18.6 Å². The second-order valence-electron chi connectivity index (χ2n) is 9.19. The largest absolute Gasteiger partial charge is 0.416 e. The molecule has 1 unspecified atom stereocenters. The SMILES string of the molecule is COCCN(C(=O)Nc1cc(C(F)(F)F)cc(C(F)(F)F)c1)C(C)c1nc2ccccc2c(=O)n1-c1ccc(Br)cc1. The number of nitrogens with one attached hydrogen (secondary N) is 1. The summed E-state index contributed by atoms with van der Waals surface area (Å²) in [7, 11) is 1.36. The lowest BCUT2D eigenvalue weighted by Crippen LogP contribution is -2.41. The third-order valence-corrected chi connectivity index (χ3v) is 6.89. The Morgan fingerprint density at radius 1 is 1.00 bits per heavy atom. The average Bonchev–Trinajstić information content (AvgIpc) is 2.92. The van der Waals surface area contributed by atoms with E-state index in [4.69, 9.17) is 4.74 Å². The molecule has 1 heterocycles. The maximum Gasteiger partial charge on any atom is 0.416 e. The fraction of sp³-hybridized carbons (Fsp3) is 0.250. The van der Waals surface area contributed by atoms with Gasteiger partial charge in [-0.25, -0.2) is 9.78 Å². The summed E-state index contributed by atoms with van der Waals surface area (Å²) in [5, 5.41) is 2.45. The van der Waals surface area contributed by atoms with Gasteiger partial charge in [-0.15, -0.1) is 0 Å². The van der Waals surface area contributed by atoms with Crippen LogP contribution in [-0.4, -0.2) is 40.7 Å². The Balaban J connectivity index is 1.82. The fourth-order valence-corrected chi connectivity index (χ4v) is 4.56. The maximum absolute atomic E-state index is 13.7. The molecule has 0 bridgehead atoms. The van der Waals surface area contributed by atoms with Gasteiger partial charge in [-0.3, -0.25) is 9.36 Å². The van der Waals surface area contributed by atoms with Crippen molar-refractivity contribution in [1.82, 2.24) is 14.5 Å². The molecule has 0 spiro atoms. The number of para-hydroxylation sites is 1. The number of aromatic nitrogens is 2. The van der Waals surface area contributed by atoms with E-state index in [9.17, 15) is 35.9 Å². The van der Waals surface area contributed by atoms with Crippen molar-refractivity contribution in [2.75, 3.05) is 25.6 Å². The van der Waals surface area contributed by atoms with Crippen LogP contribution in [0.4, 0.5) is 36.8 Å². The number of ether oxygens (including phenoxy) is 1. The van der Waals surface area contributed by atoms with Crippen LogP contribution in [0.2, 0.25) is 0 Å². The molecule has 42 heavy (non-hydrogen) atoms. The molecule has 0 aliphatic heterocycles. The molecule has 7 nitrogen and oxygen atoms in total. The van der Waals surface area contributed by atoms with Crippen molar-refractivity contribution >= 4 is 38.6 Å². The van der Waals surface area contributed by atoms with Crippen molar-refractivity contribution in [2.24, 2.45) is 0 Å². The Morgan fingerprint density at radius 2 is 1.60 bits per heavy atom. The summed E-state index contributed by atoms with van der Waals surface area (Å²) in [4.78, 5) is 32.9. The standard InChI is InChI=1S/C28H23BrF6N4O3/c1-16(24-37-23-6-4-3-5-22(23)25(40)39(24)21-9-7-19(29)8-10-21)38(11-12-42-2)26(41)36-20-14-17(27(30,31)32)13-18(15-20)28(33,34)35/h3-10,13-16H,11-12H2,1-2H3,(H,36,41). The number of alkyl halides is 6. The summed E-state index contributed by atoms with van der Waals surface area (Å²) >= 11 is 3.34. The van der Waals surface area contributed by atoms with E-state index >= 15 is 0 Å². The molecular weight excluding hydrogens is 634 g/mol. The van der Waals surface area contributed by atoms with Crippen LogP contribution in [0.5, 0.6) is 0 Å². The smallest absolute Gasteiger partial charge is 0.383 e. The Morgan fingerprint density at radius 3 is 2.17 bits per heavy atom. The van der Waals surface area contributed by atoms with E-state index < -0.39 is 46.8 Å². The molecule has 14 heteroatoms. The van der Waals surface area contributed by atoms with Gasteiger partial charge in [0.25, 0.3) is 5.56 Å². The fourth-order valence-electron chi connectivity index (χ4n) is 4.29. The highest BCUT2D eigenvalue weighted by Gasteiger charge is 2.37. The summed E-state index contributed by atoms with van der Waals surface area (Å²) in [5.41, 5.74) is -3.56. The average molecular weight is 657 g/mol. The number of hydrogen-bond donors (Lipinski definition) is 1. The van der Waals surface area contributed by atoms with Gasteiger partial charge in [-0.05, 0) is 61.5 Å². The van der Waals surface area contributed by atoms with E-state index in [0.717, 1.165) is 9.37 Å². The first-order valence-electron chi connectivity index (χ1n) is 12.3. The first-order valence-corrected chi connectivity index (χ1v) is 13.1. The zero-order valence-corrected chi connectivity index (χ0v) is 23.6. The van der Waals surface area contributed by atoms with Crippen LogP contribution in [0.1, 0.15) is 29.9 Å². The van der Waals surface area contributed by atoms with Crippen LogP contribution >= 0.6 is 15.9 Å². The number of anilines is 1. The van der Waals surface area contributed by atoms with Crippen LogP contribution in [0.15, 0.2) is 76.0 Å². The van der Waals surface area contributed by atoms with Gasteiger partial charge in [0.15, 0.2) is 0 Å². The number of halogens is 7. The molecule has 4 aromatic rings. The quantitative estimate of drug-likeness (QED) is 0.210. The van der Waals surface area contributed by atoms with Crippen molar-refractivity contribution in [3.63, 3.8) is 0 Å². The second kappa shape index (κ2) is 12.1. The monoisotopic (exact) mass is 656 g/mol. The minimum atomic E-state index is -5.10. The van der Waals surface area contributed by atoms with Gasteiger partial charge in [0.1, 0.15) is 5.82 Å². The zero-order valence-electron chi connectivity index (χ0n) is 22.1. The van der Waals surface area contributed by atoms with Crippen LogP contribution in [0, 0.1) is 0 Å². The van der Waals surface area contributed by atoms with Gasteiger partial charge in [-0.1, -0.05) is 28.1 Å². The third kappa shape index (κ3) is 6.76. The van der Waals surface area contributed by atoms with E-state index in [1.54, 1.807) is 48.5 Å². The van der Waals surface area contributed by atoms with Crippen molar-refractivity contribution in [3.8, 4) is 5.69 Å². The lowest BCUT2D eigenvalue weighted by Gasteiger charge is -2.30. The summed E-state index contributed by atoms with van der Waals surface area (Å²) in [6.07, 6.45) is -10.2. The van der Waals surface area contributed by atoms with Gasteiger partial charge in [-0.2, -0.15) is 26.3 Å². The van der Waals surface area contributed by atoms with Gasteiger partial charge < -0.3 is 15.0 Å². The normalized spacial score (nSPS) is 12.8. The number of amides is 2. The van der Waals surface area contributed by atoms with E-state index in [2.05, 4.69) is 26.2 Å². The second-order valence-corrected chi connectivity index (χ2v) is 10.1. The Kier molecular flexibility index (Phi) is 8.97. The number of benzene rings is 3. The number of nitrogens with zero attached hydrogens (tertiary/aromatic N) is 3. The lowest BCUT2D eigenvalue weighted by atomic mass is 10.1. The molecular formula is C28H23BrF6N4O3. The molecule has 3 aromatic carbocycles. The minimum absolute atomic E-state index is 0.0309. The van der Waals surface area contributed by atoms with E-state index in [-0.39, 0.29) is 25.0 Å². The van der Waals surface area contributed by atoms with Gasteiger partial charge >= 0.3 is 18.4 Å². The Bertz CT molecular complexity index is 1620. The van der Waals surface area contributed by atoms with Crippen LogP contribution < -0.4 is 10.9 Å². The first-order chi connectivity index (χ1) is 19.7. The first kappa shape index (κ1) is 31.0. The van der Waals surface area contributed by atoms with Gasteiger partial charge in [0, 0.05) is 23.8 Å². The van der Waals surface area contributed by atoms with Crippen LogP contribution in [-0.2, 0) is 17.1 Å². The van der Waals surface area contributed by atoms with Gasteiger partial charge in [0.2, 0.25) is 0 Å². The molecule has 0 fully saturated rings. The van der Waals surface area contributed by atoms with E-state index in [0.29, 0.717) is 28.7 Å². The highest BCUT2D eigenvalue weighted by Crippen LogP contribution is 2.38. The summed E-state index contributed by atoms with van der Waals surface area (Å²) in [6.45, 7) is 1.36. The molecule has 0 saturated carbocycles. The summed E-state index contributed by atoms with van der Waals surface area (Å²) in [5.74, 6) is 0.104. The van der Waals surface area contributed by atoms with Crippen LogP contribution in [0.3, 0.4) is 0 Å².